The Morgan fingerprint density at radius 1 is 1.13 bits per heavy atom. The molecule has 1 aromatic carbocycles. The zero-order chi connectivity index (χ0) is 15.6. The van der Waals surface area contributed by atoms with Crippen molar-refractivity contribution in [2.24, 2.45) is 0 Å². The highest BCUT2D eigenvalue weighted by molar-refractivity contribution is 7.19. The first-order valence-corrected chi connectivity index (χ1v) is 8.54. The largest absolute Gasteiger partial charge is 0.268 e. The number of benzene rings is 1. The quantitative estimate of drug-likeness (QED) is 0.541. The van der Waals surface area contributed by atoms with Gasteiger partial charge in [-0.05, 0) is 43.9 Å². The van der Waals surface area contributed by atoms with Gasteiger partial charge >= 0.3 is 0 Å². The molecule has 0 fully saturated rings. The Morgan fingerprint density at radius 3 is 2.78 bits per heavy atom. The summed E-state index contributed by atoms with van der Waals surface area (Å²) in [6.45, 7) is 1.93. The summed E-state index contributed by atoms with van der Waals surface area (Å²) in [4.78, 5) is 15.6. The first kappa shape index (κ1) is 13.0. The lowest BCUT2D eigenvalue weighted by molar-refractivity contribution is 0.913. The van der Waals surface area contributed by atoms with E-state index in [1.54, 1.807) is 15.9 Å². The molecule has 0 N–H and O–H groups in total. The Balaban J connectivity index is 2.05. The van der Waals surface area contributed by atoms with Crippen molar-refractivity contribution in [2.45, 2.75) is 26.2 Å². The van der Waals surface area contributed by atoms with Gasteiger partial charge in [0.15, 0.2) is 0 Å². The molecule has 6 heteroatoms. The molecule has 5 nitrogen and oxygen atoms in total. The van der Waals surface area contributed by atoms with Crippen molar-refractivity contribution in [3.63, 3.8) is 0 Å². The second kappa shape index (κ2) is 4.52. The molecule has 23 heavy (non-hydrogen) atoms. The van der Waals surface area contributed by atoms with Crippen LogP contribution in [-0.4, -0.2) is 19.2 Å². The van der Waals surface area contributed by atoms with Gasteiger partial charge in [0, 0.05) is 4.88 Å². The lowest BCUT2D eigenvalue weighted by atomic mass is 10.2. The van der Waals surface area contributed by atoms with E-state index in [0.29, 0.717) is 5.78 Å². The number of aryl methyl sites for hydroxylation is 3. The normalized spacial score (nSPS) is 14.0. The summed E-state index contributed by atoms with van der Waals surface area (Å²) >= 11 is 1.72. The first-order chi connectivity index (χ1) is 11.3. The lowest BCUT2D eigenvalue weighted by Gasteiger charge is -2.09. The summed E-state index contributed by atoms with van der Waals surface area (Å²) in [6, 6.07) is 9.68. The number of nitrogens with zero attached hydrogens (tertiary/aromatic N) is 4. The summed E-state index contributed by atoms with van der Waals surface area (Å²) in [7, 11) is 0. The SMILES string of the molecule is Cc1nnc2n(-c3ccccc3)c(=O)c3c4c(sc3n12)CCC4. The molecule has 0 saturated heterocycles. The van der Waals surface area contributed by atoms with Crippen molar-refractivity contribution in [3.8, 4) is 5.69 Å². The fourth-order valence-corrected chi connectivity index (χ4v) is 4.94. The van der Waals surface area contributed by atoms with Crippen molar-refractivity contribution in [1.29, 1.82) is 0 Å². The van der Waals surface area contributed by atoms with Crippen molar-refractivity contribution in [1.82, 2.24) is 19.2 Å². The number of aromatic nitrogens is 4. The van der Waals surface area contributed by atoms with Gasteiger partial charge in [0.25, 0.3) is 5.56 Å². The van der Waals surface area contributed by atoms with Crippen LogP contribution in [0.5, 0.6) is 0 Å². The van der Waals surface area contributed by atoms with Crippen LogP contribution in [0.2, 0.25) is 0 Å². The maximum Gasteiger partial charge on any atom is 0.268 e. The van der Waals surface area contributed by atoms with Crippen LogP contribution in [0.4, 0.5) is 0 Å². The summed E-state index contributed by atoms with van der Waals surface area (Å²) in [5.41, 5.74) is 2.08. The van der Waals surface area contributed by atoms with Gasteiger partial charge in [0.2, 0.25) is 5.78 Å². The van der Waals surface area contributed by atoms with Crippen LogP contribution in [0.3, 0.4) is 0 Å². The maximum absolute atomic E-state index is 13.3. The third-order valence-electron chi connectivity index (χ3n) is 4.54. The molecule has 0 amide bonds. The van der Waals surface area contributed by atoms with E-state index < -0.39 is 0 Å². The number of para-hydroxylation sites is 1. The van der Waals surface area contributed by atoms with Gasteiger partial charge in [-0.1, -0.05) is 18.2 Å². The molecule has 0 atom stereocenters. The van der Waals surface area contributed by atoms with E-state index in [4.69, 9.17) is 0 Å². The van der Waals surface area contributed by atoms with Crippen LogP contribution < -0.4 is 5.56 Å². The van der Waals surface area contributed by atoms with Gasteiger partial charge in [-0.25, -0.2) is 4.57 Å². The van der Waals surface area contributed by atoms with E-state index in [9.17, 15) is 4.79 Å². The summed E-state index contributed by atoms with van der Waals surface area (Å²) in [5.74, 6) is 1.40. The molecular formula is C17H14N4OS. The highest BCUT2D eigenvalue weighted by atomic mass is 32.1. The number of fused-ring (bicyclic) bond motifs is 5. The van der Waals surface area contributed by atoms with E-state index >= 15 is 0 Å². The number of hydrogen-bond donors (Lipinski definition) is 0. The van der Waals surface area contributed by atoms with Gasteiger partial charge in [0.1, 0.15) is 10.7 Å². The van der Waals surface area contributed by atoms with Crippen LogP contribution in [0.15, 0.2) is 35.1 Å². The van der Waals surface area contributed by atoms with E-state index in [-0.39, 0.29) is 5.56 Å². The van der Waals surface area contributed by atoms with Gasteiger partial charge in [-0.15, -0.1) is 21.5 Å². The average Bonchev–Trinajstić information content (AvgIpc) is 3.22. The van der Waals surface area contributed by atoms with E-state index in [1.807, 2.05) is 41.7 Å². The Hall–Kier alpha value is -2.47. The Labute approximate surface area is 135 Å². The van der Waals surface area contributed by atoms with Crippen molar-refractivity contribution < 1.29 is 0 Å². The first-order valence-electron chi connectivity index (χ1n) is 7.72. The number of thiophene rings is 1. The highest BCUT2D eigenvalue weighted by Gasteiger charge is 2.25. The number of hydrogen-bond acceptors (Lipinski definition) is 4. The molecule has 0 aliphatic heterocycles. The maximum atomic E-state index is 13.3. The van der Waals surface area contributed by atoms with Crippen LogP contribution in [0.25, 0.3) is 21.7 Å². The highest BCUT2D eigenvalue weighted by Crippen LogP contribution is 2.36. The van der Waals surface area contributed by atoms with Gasteiger partial charge < -0.3 is 0 Å². The van der Waals surface area contributed by atoms with Crippen LogP contribution in [0.1, 0.15) is 22.7 Å². The molecule has 0 unspecified atom stereocenters. The Bertz CT molecular complexity index is 1120. The van der Waals surface area contributed by atoms with Crippen LogP contribution >= 0.6 is 11.3 Å². The van der Waals surface area contributed by atoms with Crippen molar-refractivity contribution >= 4 is 27.3 Å². The molecule has 0 radical (unpaired) electrons. The predicted octanol–water partition coefficient (Wildman–Crippen LogP) is 2.89. The summed E-state index contributed by atoms with van der Waals surface area (Å²) < 4.78 is 3.71. The molecule has 114 valence electrons. The molecule has 5 rings (SSSR count). The molecular weight excluding hydrogens is 308 g/mol. The molecule has 3 aromatic heterocycles. The molecule has 1 aliphatic carbocycles. The van der Waals surface area contributed by atoms with Gasteiger partial charge in [-0.3, -0.25) is 9.20 Å². The summed E-state index contributed by atoms with van der Waals surface area (Å²) in [6.07, 6.45) is 3.20. The molecule has 0 saturated carbocycles. The molecule has 0 bridgehead atoms. The van der Waals surface area contributed by atoms with Gasteiger partial charge in [-0.2, -0.15) is 0 Å². The average molecular weight is 322 g/mol. The van der Waals surface area contributed by atoms with Gasteiger partial charge in [0.05, 0.1) is 11.1 Å². The third kappa shape index (κ3) is 1.64. The smallest absolute Gasteiger partial charge is 0.268 e. The Kier molecular flexibility index (Phi) is 2.56. The molecule has 0 spiro atoms. The summed E-state index contributed by atoms with van der Waals surface area (Å²) in [5, 5.41) is 9.34. The fraction of sp³-hybridized carbons (Fsp3) is 0.235. The topological polar surface area (TPSA) is 52.2 Å². The zero-order valence-electron chi connectivity index (χ0n) is 12.6. The molecule has 1 aliphatic rings. The molecule has 4 aromatic rings. The fourth-order valence-electron chi connectivity index (χ4n) is 3.51. The zero-order valence-corrected chi connectivity index (χ0v) is 13.4. The minimum absolute atomic E-state index is 0.0190. The Morgan fingerprint density at radius 2 is 1.96 bits per heavy atom. The second-order valence-electron chi connectivity index (χ2n) is 5.90. The standard InChI is InChI=1S/C17H14N4OS/c1-10-18-19-17-20(10)16-14(12-8-5-9-13(12)23-16)15(22)21(17)11-6-3-2-4-7-11/h2-4,6-7H,5,8-9H2,1H3. The lowest BCUT2D eigenvalue weighted by Crippen LogP contribution is -2.21. The molecule has 3 heterocycles. The van der Waals surface area contributed by atoms with Crippen LogP contribution in [-0.2, 0) is 12.8 Å². The predicted molar refractivity (Wildman–Crippen MR) is 90.7 cm³/mol. The monoisotopic (exact) mass is 322 g/mol. The third-order valence-corrected chi connectivity index (χ3v) is 5.82. The van der Waals surface area contributed by atoms with E-state index in [2.05, 4.69) is 10.2 Å². The minimum atomic E-state index is 0.0190. The van der Waals surface area contributed by atoms with Crippen LogP contribution in [0, 0.1) is 6.92 Å². The second-order valence-corrected chi connectivity index (χ2v) is 6.98. The van der Waals surface area contributed by atoms with Crippen molar-refractivity contribution in [2.75, 3.05) is 0 Å². The number of rotatable bonds is 1. The van der Waals surface area contributed by atoms with Crippen molar-refractivity contribution in [3.05, 3.63) is 57.0 Å². The minimum Gasteiger partial charge on any atom is -0.268 e. The van der Waals surface area contributed by atoms with E-state index in [1.165, 1.54) is 10.4 Å². The van der Waals surface area contributed by atoms with E-state index in [0.717, 1.165) is 41.0 Å².